The van der Waals surface area contributed by atoms with Crippen molar-refractivity contribution >= 4 is 15.9 Å². The molecule has 5 heteroatoms. The number of hydrogen-bond donors (Lipinski definition) is 0. The van der Waals surface area contributed by atoms with E-state index in [2.05, 4.69) is 20.9 Å². The van der Waals surface area contributed by atoms with Gasteiger partial charge in [0.2, 0.25) is 0 Å². The zero-order valence-corrected chi connectivity index (χ0v) is 9.82. The van der Waals surface area contributed by atoms with E-state index < -0.39 is 0 Å². The highest BCUT2D eigenvalue weighted by atomic mass is 79.9. The fraction of sp³-hybridized carbons (Fsp3) is 0.0909. The van der Waals surface area contributed by atoms with Crippen LogP contribution in [0.2, 0.25) is 0 Å². The van der Waals surface area contributed by atoms with Gasteiger partial charge in [0.25, 0.3) is 0 Å². The van der Waals surface area contributed by atoms with Crippen molar-refractivity contribution < 1.29 is 4.39 Å². The Hall–Kier alpha value is -1.49. The maximum Gasteiger partial charge on any atom is 0.347 e. The summed E-state index contributed by atoms with van der Waals surface area (Å²) >= 11 is 3.26. The summed E-state index contributed by atoms with van der Waals surface area (Å²) in [5.74, 6) is -0.334. The van der Waals surface area contributed by atoms with Crippen LogP contribution in [-0.2, 0) is 6.54 Å². The second-order valence-corrected chi connectivity index (χ2v) is 4.18. The van der Waals surface area contributed by atoms with Crippen molar-refractivity contribution in [3.8, 4) is 0 Å². The summed E-state index contributed by atoms with van der Waals surface area (Å²) in [6.07, 6.45) is 2.99. The first-order valence-corrected chi connectivity index (χ1v) is 5.41. The maximum atomic E-state index is 13.4. The second kappa shape index (κ2) is 4.57. The number of nitrogens with zero attached hydrogens (tertiary/aromatic N) is 2. The average Bonchev–Trinajstić information content (AvgIpc) is 2.27. The Kier molecular flexibility index (Phi) is 3.14. The summed E-state index contributed by atoms with van der Waals surface area (Å²) < 4.78 is 15.6. The monoisotopic (exact) mass is 282 g/mol. The molecule has 0 aliphatic rings. The molecule has 0 saturated heterocycles. The summed E-state index contributed by atoms with van der Waals surface area (Å²) in [5.41, 5.74) is 0.0614. The van der Waals surface area contributed by atoms with Crippen molar-refractivity contribution in [3.05, 3.63) is 63.0 Å². The second-order valence-electron chi connectivity index (χ2n) is 3.27. The van der Waals surface area contributed by atoms with Crippen LogP contribution in [0.3, 0.4) is 0 Å². The largest absolute Gasteiger partial charge is 0.347 e. The van der Waals surface area contributed by atoms with Gasteiger partial charge in [-0.25, -0.2) is 14.2 Å². The highest BCUT2D eigenvalue weighted by Gasteiger charge is 2.04. The quantitative estimate of drug-likeness (QED) is 0.846. The Labute approximate surface area is 99.7 Å². The molecule has 3 nitrogen and oxygen atoms in total. The molecule has 0 unspecified atom stereocenters. The fourth-order valence-corrected chi connectivity index (χ4v) is 1.76. The van der Waals surface area contributed by atoms with Crippen LogP contribution < -0.4 is 5.69 Å². The predicted molar refractivity (Wildman–Crippen MR) is 61.7 cm³/mol. The van der Waals surface area contributed by atoms with E-state index in [1.165, 1.54) is 16.8 Å². The molecule has 82 valence electrons. The van der Waals surface area contributed by atoms with E-state index in [9.17, 15) is 9.18 Å². The van der Waals surface area contributed by atoms with Crippen LogP contribution in [0, 0.1) is 5.82 Å². The Bertz CT molecular complexity index is 568. The molecular weight excluding hydrogens is 275 g/mol. The third-order valence-electron chi connectivity index (χ3n) is 2.13. The van der Waals surface area contributed by atoms with Crippen LogP contribution in [0.25, 0.3) is 0 Å². The van der Waals surface area contributed by atoms with Gasteiger partial charge in [-0.15, -0.1) is 0 Å². The Morgan fingerprint density at radius 2 is 2.25 bits per heavy atom. The molecule has 0 bridgehead atoms. The van der Waals surface area contributed by atoms with E-state index in [4.69, 9.17) is 0 Å². The first-order valence-electron chi connectivity index (χ1n) is 4.62. The summed E-state index contributed by atoms with van der Waals surface area (Å²) in [5, 5.41) is 0. The van der Waals surface area contributed by atoms with Crippen LogP contribution in [0.5, 0.6) is 0 Å². The first-order chi connectivity index (χ1) is 7.66. The predicted octanol–water partition coefficient (Wildman–Crippen LogP) is 2.19. The molecule has 0 fully saturated rings. The molecule has 1 aromatic carbocycles. The summed E-state index contributed by atoms with van der Waals surface area (Å²) in [6, 6.07) is 6.26. The van der Waals surface area contributed by atoms with E-state index in [-0.39, 0.29) is 18.1 Å². The van der Waals surface area contributed by atoms with Gasteiger partial charge in [-0.1, -0.05) is 15.9 Å². The van der Waals surface area contributed by atoms with Gasteiger partial charge in [0.05, 0.1) is 6.54 Å². The highest BCUT2D eigenvalue weighted by molar-refractivity contribution is 9.10. The van der Waals surface area contributed by atoms with E-state index in [1.807, 2.05) is 0 Å². The topological polar surface area (TPSA) is 34.9 Å². The van der Waals surface area contributed by atoms with Crippen molar-refractivity contribution in [1.29, 1.82) is 0 Å². The van der Waals surface area contributed by atoms with Crippen LogP contribution in [-0.4, -0.2) is 9.55 Å². The minimum atomic E-state index is -0.387. The Morgan fingerprint density at radius 3 is 3.00 bits per heavy atom. The molecule has 0 radical (unpaired) electrons. The van der Waals surface area contributed by atoms with Crippen LogP contribution >= 0.6 is 15.9 Å². The molecule has 1 aromatic heterocycles. The van der Waals surface area contributed by atoms with Gasteiger partial charge in [0.1, 0.15) is 5.82 Å². The van der Waals surface area contributed by atoms with Gasteiger partial charge in [-0.05, 0) is 24.3 Å². The van der Waals surface area contributed by atoms with Crippen molar-refractivity contribution in [2.45, 2.75) is 6.54 Å². The summed E-state index contributed by atoms with van der Waals surface area (Å²) in [4.78, 5) is 14.9. The highest BCUT2D eigenvalue weighted by Crippen LogP contribution is 2.15. The Balaban J connectivity index is 2.38. The molecular formula is C11H8BrFN2O. The van der Waals surface area contributed by atoms with Crippen molar-refractivity contribution in [2.75, 3.05) is 0 Å². The molecule has 2 rings (SSSR count). The third-order valence-corrected chi connectivity index (χ3v) is 2.62. The first kappa shape index (κ1) is 11.0. The zero-order chi connectivity index (χ0) is 11.5. The Morgan fingerprint density at radius 1 is 1.44 bits per heavy atom. The number of benzene rings is 1. The van der Waals surface area contributed by atoms with Gasteiger partial charge in [0, 0.05) is 22.4 Å². The van der Waals surface area contributed by atoms with E-state index in [1.54, 1.807) is 24.4 Å². The van der Waals surface area contributed by atoms with E-state index in [0.717, 1.165) is 4.47 Å². The molecule has 0 spiro atoms. The number of aromatic nitrogens is 2. The van der Waals surface area contributed by atoms with Gasteiger partial charge >= 0.3 is 5.69 Å². The number of hydrogen-bond acceptors (Lipinski definition) is 2. The lowest BCUT2D eigenvalue weighted by molar-refractivity contribution is 0.593. The average molecular weight is 283 g/mol. The lowest BCUT2D eigenvalue weighted by Gasteiger charge is -2.06. The number of halogens is 2. The van der Waals surface area contributed by atoms with E-state index in [0.29, 0.717) is 5.56 Å². The lowest BCUT2D eigenvalue weighted by Crippen LogP contribution is -2.22. The molecule has 0 aliphatic carbocycles. The molecule has 0 atom stereocenters. The van der Waals surface area contributed by atoms with Crippen LogP contribution in [0.15, 0.2) is 45.9 Å². The molecule has 0 amide bonds. The lowest BCUT2D eigenvalue weighted by atomic mass is 10.2. The fourth-order valence-electron chi connectivity index (χ4n) is 1.36. The smallest absolute Gasteiger partial charge is 0.295 e. The maximum absolute atomic E-state index is 13.4. The normalized spacial score (nSPS) is 10.4. The van der Waals surface area contributed by atoms with Crippen LogP contribution in [0.4, 0.5) is 4.39 Å². The molecule has 0 saturated carbocycles. The SMILES string of the molecule is O=c1ncccn1Cc1cc(Br)ccc1F. The third kappa shape index (κ3) is 2.36. The summed E-state index contributed by atoms with van der Waals surface area (Å²) in [7, 11) is 0. The van der Waals surface area contributed by atoms with Crippen molar-refractivity contribution in [1.82, 2.24) is 9.55 Å². The van der Waals surface area contributed by atoms with Crippen LogP contribution in [0.1, 0.15) is 5.56 Å². The summed E-state index contributed by atoms with van der Waals surface area (Å²) in [6.45, 7) is 0.179. The standard InChI is InChI=1S/C11H8BrFN2O/c12-9-2-3-10(13)8(6-9)7-15-5-1-4-14-11(15)16/h1-6H,7H2. The van der Waals surface area contributed by atoms with Gasteiger partial charge in [-0.2, -0.15) is 0 Å². The van der Waals surface area contributed by atoms with Crippen molar-refractivity contribution in [3.63, 3.8) is 0 Å². The zero-order valence-electron chi connectivity index (χ0n) is 8.23. The molecule has 0 N–H and O–H groups in total. The van der Waals surface area contributed by atoms with Gasteiger partial charge in [-0.3, -0.25) is 4.57 Å². The molecule has 16 heavy (non-hydrogen) atoms. The molecule has 0 aliphatic heterocycles. The van der Waals surface area contributed by atoms with Crippen molar-refractivity contribution in [2.24, 2.45) is 0 Å². The van der Waals surface area contributed by atoms with Gasteiger partial charge in [0.15, 0.2) is 0 Å². The number of rotatable bonds is 2. The van der Waals surface area contributed by atoms with E-state index >= 15 is 0 Å². The molecule has 2 aromatic rings. The minimum Gasteiger partial charge on any atom is -0.295 e. The van der Waals surface area contributed by atoms with Gasteiger partial charge < -0.3 is 0 Å². The minimum absolute atomic E-state index is 0.179. The molecule has 1 heterocycles.